The average molecular weight is 409 g/mol. The second-order valence-electron chi connectivity index (χ2n) is 4.40. The molecule has 1 heterocycles. The number of rotatable bonds is 6. The van der Waals surface area contributed by atoms with Crippen molar-refractivity contribution in [1.29, 1.82) is 0 Å². The Morgan fingerprint density at radius 1 is 1.29 bits per heavy atom. The topological polar surface area (TPSA) is 37.4 Å². The first-order chi connectivity index (χ1) is 9.98. The van der Waals surface area contributed by atoms with Crippen LogP contribution in [0.3, 0.4) is 0 Å². The number of sulfonamides is 1. The zero-order chi connectivity index (χ0) is 15.5. The summed E-state index contributed by atoms with van der Waals surface area (Å²) in [5.41, 5.74) is 0.965. The van der Waals surface area contributed by atoms with Gasteiger partial charge in [0, 0.05) is 18.0 Å². The molecule has 0 unspecified atom stereocenters. The molecule has 0 spiro atoms. The van der Waals surface area contributed by atoms with Crippen LogP contribution in [0.5, 0.6) is 0 Å². The summed E-state index contributed by atoms with van der Waals surface area (Å²) in [5.74, 6) is 0.309. The van der Waals surface area contributed by atoms with E-state index < -0.39 is 10.0 Å². The summed E-state index contributed by atoms with van der Waals surface area (Å²) in [6, 6.07) is 11.2. The minimum absolute atomic E-state index is 0.293. The van der Waals surface area contributed by atoms with Crippen molar-refractivity contribution in [2.75, 3.05) is 6.54 Å². The lowest BCUT2D eigenvalue weighted by molar-refractivity contribution is 0.423. The van der Waals surface area contributed by atoms with Gasteiger partial charge >= 0.3 is 0 Å². The first-order valence-corrected chi connectivity index (χ1v) is 9.95. The molecular weight excluding hydrogens is 394 g/mol. The van der Waals surface area contributed by atoms with E-state index in [1.807, 2.05) is 37.3 Å². The largest absolute Gasteiger partial charge is 0.245 e. The fourth-order valence-corrected chi connectivity index (χ4v) is 6.09. The number of benzene rings is 1. The molecule has 0 saturated carbocycles. The highest BCUT2D eigenvalue weighted by Gasteiger charge is 2.27. The average Bonchev–Trinajstić information content (AvgIpc) is 2.87. The van der Waals surface area contributed by atoms with Crippen LogP contribution in [0.25, 0.3) is 0 Å². The normalized spacial score (nSPS) is 12.0. The standard InChI is InChI=1S/C14H15BrClNO2S2/c1-2-17(10-11-6-4-3-5-7-11)21(18,19)13-8-12(9-16)20-14(13)15/h3-8H,2,9-10H2,1H3. The summed E-state index contributed by atoms with van der Waals surface area (Å²) in [6.07, 6.45) is 0. The molecule has 2 aromatic rings. The molecule has 0 aliphatic rings. The molecule has 1 aromatic heterocycles. The molecule has 0 atom stereocenters. The van der Waals surface area contributed by atoms with Gasteiger partial charge in [0.1, 0.15) is 4.90 Å². The van der Waals surface area contributed by atoms with Crippen LogP contribution in [-0.4, -0.2) is 19.3 Å². The van der Waals surface area contributed by atoms with E-state index in [0.29, 0.717) is 27.7 Å². The second kappa shape index (κ2) is 7.24. The van der Waals surface area contributed by atoms with Crippen LogP contribution in [0.15, 0.2) is 45.1 Å². The lowest BCUT2D eigenvalue weighted by atomic mass is 10.2. The highest BCUT2D eigenvalue weighted by Crippen LogP contribution is 2.34. The van der Waals surface area contributed by atoms with E-state index in [2.05, 4.69) is 15.9 Å². The predicted molar refractivity (Wildman–Crippen MR) is 91.3 cm³/mol. The summed E-state index contributed by atoms with van der Waals surface area (Å²) in [5, 5.41) is 0. The van der Waals surface area contributed by atoms with Crippen molar-refractivity contribution >= 4 is 48.9 Å². The monoisotopic (exact) mass is 407 g/mol. The van der Waals surface area contributed by atoms with Gasteiger partial charge < -0.3 is 0 Å². The van der Waals surface area contributed by atoms with Gasteiger partial charge in [-0.3, -0.25) is 0 Å². The van der Waals surface area contributed by atoms with Gasteiger partial charge in [-0.2, -0.15) is 4.31 Å². The molecule has 1 aromatic carbocycles. The maximum absolute atomic E-state index is 12.8. The summed E-state index contributed by atoms with van der Waals surface area (Å²) in [4.78, 5) is 1.12. The molecule has 0 saturated heterocycles. The number of halogens is 2. The zero-order valence-corrected chi connectivity index (χ0v) is 15.4. The quantitative estimate of drug-likeness (QED) is 0.662. The van der Waals surface area contributed by atoms with Crippen molar-refractivity contribution in [3.63, 3.8) is 0 Å². The Hall–Kier alpha value is -0.400. The maximum Gasteiger partial charge on any atom is 0.245 e. The van der Waals surface area contributed by atoms with E-state index >= 15 is 0 Å². The van der Waals surface area contributed by atoms with Crippen molar-refractivity contribution in [2.24, 2.45) is 0 Å². The number of thiophene rings is 1. The predicted octanol–water partition coefficient (Wildman–Crippen LogP) is 4.46. The Kier molecular flexibility index (Phi) is 5.85. The lowest BCUT2D eigenvalue weighted by Gasteiger charge is -2.20. The third-order valence-electron chi connectivity index (χ3n) is 3.01. The van der Waals surface area contributed by atoms with Crippen molar-refractivity contribution in [3.05, 3.63) is 50.6 Å². The van der Waals surface area contributed by atoms with Crippen LogP contribution in [0, 0.1) is 0 Å². The molecule has 0 radical (unpaired) electrons. The molecule has 0 aliphatic heterocycles. The minimum atomic E-state index is -3.53. The molecular formula is C14H15BrClNO2S2. The Bertz CT molecular complexity index is 701. The SMILES string of the molecule is CCN(Cc1ccccc1)S(=O)(=O)c1cc(CCl)sc1Br. The lowest BCUT2D eigenvalue weighted by Crippen LogP contribution is -2.30. The van der Waals surface area contributed by atoms with Crippen LogP contribution in [0.4, 0.5) is 0 Å². The molecule has 7 heteroatoms. The molecule has 0 amide bonds. The van der Waals surface area contributed by atoms with Crippen molar-refractivity contribution in [1.82, 2.24) is 4.31 Å². The zero-order valence-electron chi connectivity index (χ0n) is 11.4. The van der Waals surface area contributed by atoms with Gasteiger partial charge in [0.25, 0.3) is 0 Å². The molecule has 0 bridgehead atoms. The molecule has 114 valence electrons. The van der Waals surface area contributed by atoms with Gasteiger partial charge in [0.2, 0.25) is 10.0 Å². The molecule has 0 N–H and O–H groups in total. The smallest absolute Gasteiger partial charge is 0.207 e. The number of hydrogen-bond donors (Lipinski definition) is 0. The fraction of sp³-hybridized carbons (Fsp3) is 0.286. The molecule has 0 aliphatic carbocycles. The Labute approximate surface area is 142 Å². The Morgan fingerprint density at radius 3 is 2.48 bits per heavy atom. The van der Waals surface area contributed by atoms with E-state index in [9.17, 15) is 8.42 Å². The minimum Gasteiger partial charge on any atom is -0.207 e. The first kappa shape index (κ1) is 17.0. The molecule has 0 fully saturated rings. The second-order valence-corrected chi connectivity index (χ2v) is 9.03. The summed E-state index contributed by atoms with van der Waals surface area (Å²) in [7, 11) is -3.53. The van der Waals surface area contributed by atoms with Gasteiger partial charge in [-0.15, -0.1) is 22.9 Å². The summed E-state index contributed by atoms with van der Waals surface area (Å²) >= 11 is 10.5. The number of hydrogen-bond acceptors (Lipinski definition) is 3. The third kappa shape index (κ3) is 3.87. The first-order valence-electron chi connectivity index (χ1n) is 6.37. The fourth-order valence-electron chi connectivity index (χ4n) is 1.93. The Balaban J connectivity index is 2.33. The van der Waals surface area contributed by atoms with Crippen LogP contribution in [-0.2, 0) is 22.4 Å². The van der Waals surface area contributed by atoms with Crippen LogP contribution < -0.4 is 0 Å². The van der Waals surface area contributed by atoms with E-state index in [4.69, 9.17) is 11.6 Å². The Morgan fingerprint density at radius 2 is 1.95 bits per heavy atom. The number of alkyl halides is 1. The van der Waals surface area contributed by atoms with E-state index in [1.54, 1.807) is 6.07 Å². The summed E-state index contributed by atoms with van der Waals surface area (Å²) in [6.45, 7) is 2.61. The molecule has 2 rings (SSSR count). The van der Waals surface area contributed by atoms with Gasteiger partial charge in [0.15, 0.2) is 0 Å². The highest BCUT2D eigenvalue weighted by molar-refractivity contribution is 9.11. The van der Waals surface area contributed by atoms with E-state index in [1.165, 1.54) is 15.6 Å². The molecule has 3 nitrogen and oxygen atoms in total. The van der Waals surface area contributed by atoms with E-state index in [-0.39, 0.29) is 0 Å². The van der Waals surface area contributed by atoms with Crippen LogP contribution in [0.1, 0.15) is 17.4 Å². The maximum atomic E-state index is 12.8. The van der Waals surface area contributed by atoms with Crippen LogP contribution >= 0.6 is 38.9 Å². The van der Waals surface area contributed by atoms with Gasteiger partial charge in [-0.1, -0.05) is 37.3 Å². The third-order valence-corrected chi connectivity index (χ3v) is 7.63. The van der Waals surface area contributed by atoms with E-state index in [0.717, 1.165) is 10.4 Å². The van der Waals surface area contributed by atoms with Gasteiger partial charge in [0.05, 0.1) is 9.67 Å². The van der Waals surface area contributed by atoms with Crippen molar-refractivity contribution < 1.29 is 8.42 Å². The van der Waals surface area contributed by atoms with Gasteiger partial charge in [-0.05, 0) is 27.6 Å². The van der Waals surface area contributed by atoms with Gasteiger partial charge in [-0.25, -0.2) is 8.42 Å². The molecule has 21 heavy (non-hydrogen) atoms. The summed E-state index contributed by atoms with van der Waals surface area (Å²) < 4.78 is 27.6. The van der Waals surface area contributed by atoms with Crippen LogP contribution in [0.2, 0.25) is 0 Å². The van der Waals surface area contributed by atoms with Crippen molar-refractivity contribution in [3.8, 4) is 0 Å². The van der Waals surface area contributed by atoms with Crippen molar-refractivity contribution in [2.45, 2.75) is 24.2 Å². The highest BCUT2D eigenvalue weighted by atomic mass is 79.9. The number of nitrogens with zero attached hydrogens (tertiary/aromatic N) is 1.